The Morgan fingerprint density at radius 3 is 2.84 bits per heavy atom. The molecule has 2 N–H and O–H groups in total. The molecule has 8 heteroatoms. The van der Waals surface area contributed by atoms with Crippen molar-refractivity contribution in [1.29, 1.82) is 0 Å². The summed E-state index contributed by atoms with van der Waals surface area (Å²) in [7, 11) is 0. The zero-order valence-corrected chi connectivity index (χ0v) is 18.6. The SMILES string of the molecule is Cc1nc(C)c(C(=O)N2CCCCC2Cc2c(C(=O)NCCO)sc3ccccc23)o1. The van der Waals surface area contributed by atoms with Gasteiger partial charge in [0.15, 0.2) is 5.89 Å². The molecule has 0 saturated carbocycles. The molecule has 1 unspecified atom stereocenters. The molecule has 3 aromatic rings. The van der Waals surface area contributed by atoms with E-state index in [4.69, 9.17) is 9.52 Å². The highest BCUT2D eigenvalue weighted by atomic mass is 32.1. The lowest BCUT2D eigenvalue weighted by Gasteiger charge is -2.35. The van der Waals surface area contributed by atoms with Gasteiger partial charge in [0.25, 0.3) is 11.8 Å². The van der Waals surface area contributed by atoms with Crippen LogP contribution in [0.4, 0.5) is 0 Å². The fraction of sp³-hybridized carbons (Fsp3) is 0.435. The molecule has 7 nitrogen and oxygen atoms in total. The Bertz CT molecular complexity index is 1100. The number of aromatic nitrogens is 1. The smallest absolute Gasteiger partial charge is 0.291 e. The number of likely N-dealkylation sites (tertiary alicyclic amines) is 1. The zero-order chi connectivity index (χ0) is 22.0. The first-order valence-electron chi connectivity index (χ1n) is 10.6. The van der Waals surface area contributed by atoms with Crippen molar-refractivity contribution in [2.45, 2.75) is 45.6 Å². The van der Waals surface area contributed by atoms with Crippen molar-refractivity contribution in [3.63, 3.8) is 0 Å². The number of hydrogen-bond donors (Lipinski definition) is 2. The number of nitrogens with zero attached hydrogens (tertiary/aromatic N) is 2. The summed E-state index contributed by atoms with van der Waals surface area (Å²) in [6.07, 6.45) is 3.46. The average molecular weight is 442 g/mol. The van der Waals surface area contributed by atoms with Crippen LogP contribution in [0.1, 0.15) is 56.6 Å². The lowest BCUT2D eigenvalue weighted by Crippen LogP contribution is -2.45. The van der Waals surface area contributed by atoms with Crippen molar-refractivity contribution in [1.82, 2.24) is 15.2 Å². The van der Waals surface area contributed by atoms with Crippen molar-refractivity contribution < 1.29 is 19.1 Å². The van der Waals surface area contributed by atoms with Crippen LogP contribution in [-0.2, 0) is 6.42 Å². The summed E-state index contributed by atoms with van der Waals surface area (Å²) in [5, 5.41) is 12.9. The summed E-state index contributed by atoms with van der Waals surface area (Å²) >= 11 is 1.46. The third kappa shape index (κ3) is 4.36. The lowest BCUT2D eigenvalue weighted by atomic mass is 9.93. The number of benzene rings is 1. The highest BCUT2D eigenvalue weighted by Crippen LogP contribution is 2.34. The number of carbonyl (C=O) groups is 2. The maximum absolute atomic E-state index is 13.3. The second-order valence-electron chi connectivity index (χ2n) is 7.89. The van der Waals surface area contributed by atoms with Crippen molar-refractivity contribution in [3.8, 4) is 0 Å². The second kappa shape index (κ2) is 9.20. The van der Waals surface area contributed by atoms with Crippen LogP contribution < -0.4 is 5.32 Å². The van der Waals surface area contributed by atoms with Crippen LogP contribution in [0.15, 0.2) is 28.7 Å². The van der Waals surface area contributed by atoms with Gasteiger partial charge in [-0.2, -0.15) is 0 Å². The summed E-state index contributed by atoms with van der Waals surface area (Å²) in [4.78, 5) is 32.9. The van der Waals surface area contributed by atoms with Gasteiger partial charge in [-0.05, 0) is 49.6 Å². The summed E-state index contributed by atoms with van der Waals surface area (Å²) in [6.45, 7) is 4.30. The standard InChI is InChI=1S/C23H27N3O4S/c1-14-20(30-15(2)25-14)23(29)26-11-6-5-7-16(26)13-18-17-8-3-4-9-19(17)31-21(18)22(28)24-10-12-27/h3-4,8-9,16,27H,5-7,10-13H2,1-2H3,(H,24,28). The maximum atomic E-state index is 13.3. The average Bonchev–Trinajstić information content (AvgIpc) is 3.31. The van der Waals surface area contributed by atoms with Gasteiger partial charge in [0.05, 0.1) is 17.2 Å². The molecular weight excluding hydrogens is 414 g/mol. The largest absolute Gasteiger partial charge is 0.436 e. The van der Waals surface area contributed by atoms with Gasteiger partial charge in [-0.1, -0.05) is 18.2 Å². The van der Waals surface area contributed by atoms with Crippen LogP contribution in [0.3, 0.4) is 0 Å². The van der Waals surface area contributed by atoms with E-state index in [1.54, 1.807) is 13.8 Å². The topological polar surface area (TPSA) is 95.7 Å². The van der Waals surface area contributed by atoms with E-state index in [-0.39, 0.29) is 31.0 Å². The molecule has 31 heavy (non-hydrogen) atoms. The molecule has 1 aliphatic rings. The van der Waals surface area contributed by atoms with Crippen LogP contribution in [0.2, 0.25) is 0 Å². The van der Waals surface area contributed by atoms with Crippen molar-refractivity contribution in [3.05, 3.63) is 52.1 Å². The number of aliphatic hydroxyl groups excluding tert-OH is 1. The highest BCUT2D eigenvalue weighted by molar-refractivity contribution is 7.21. The van der Waals surface area contributed by atoms with Gasteiger partial charge >= 0.3 is 0 Å². The van der Waals surface area contributed by atoms with Gasteiger partial charge in [0, 0.05) is 30.8 Å². The number of thiophene rings is 1. The van der Waals surface area contributed by atoms with E-state index < -0.39 is 0 Å². The predicted molar refractivity (Wildman–Crippen MR) is 120 cm³/mol. The number of aliphatic hydroxyl groups is 1. The third-order valence-electron chi connectivity index (χ3n) is 5.73. The molecular formula is C23H27N3O4S. The van der Waals surface area contributed by atoms with E-state index in [9.17, 15) is 9.59 Å². The van der Waals surface area contributed by atoms with Gasteiger partial charge < -0.3 is 19.7 Å². The highest BCUT2D eigenvalue weighted by Gasteiger charge is 2.32. The second-order valence-corrected chi connectivity index (χ2v) is 8.94. The number of nitrogens with one attached hydrogen (secondary N) is 1. The van der Waals surface area contributed by atoms with Gasteiger partial charge in [-0.3, -0.25) is 9.59 Å². The number of carbonyl (C=O) groups excluding carboxylic acids is 2. The molecule has 164 valence electrons. The molecule has 1 aromatic carbocycles. The molecule has 1 saturated heterocycles. The number of amides is 2. The predicted octanol–water partition coefficient (Wildman–Crippen LogP) is 3.47. The van der Waals surface area contributed by atoms with E-state index in [0.717, 1.165) is 34.9 Å². The monoisotopic (exact) mass is 441 g/mol. The first-order chi connectivity index (χ1) is 15.0. The van der Waals surface area contributed by atoms with Gasteiger partial charge in [-0.25, -0.2) is 4.98 Å². The van der Waals surface area contributed by atoms with E-state index in [0.29, 0.717) is 35.2 Å². The van der Waals surface area contributed by atoms with Crippen molar-refractivity contribution in [2.75, 3.05) is 19.7 Å². The van der Waals surface area contributed by atoms with E-state index in [1.807, 2.05) is 29.2 Å². The van der Waals surface area contributed by atoms with Crippen molar-refractivity contribution in [2.24, 2.45) is 0 Å². The van der Waals surface area contributed by atoms with E-state index >= 15 is 0 Å². The normalized spacial score (nSPS) is 16.6. The maximum Gasteiger partial charge on any atom is 0.291 e. The fourth-order valence-electron chi connectivity index (χ4n) is 4.31. The molecule has 2 aromatic heterocycles. The minimum Gasteiger partial charge on any atom is -0.436 e. The number of aryl methyl sites for hydroxylation is 2. The molecule has 1 fully saturated rings. The minimum absolute atomic E-state index is 0.0199. The first kappa shape index (κ1) is 21.5. The van der Waals surface area contributed by atoms with E-state index in [1.165, 1.54) is 11.3 Å². The van der Waals surface area contributed by atoms with Gasteiger partial charge in [-0.15, -0.1) is 11.3 Å². The molecule has 4 rings (SSSR count). The van der Waals surface area contributed by atoms with E-state index in [2.05, 4.69) is 10.3 Å². The van der Waals surface area contributed by atoms with Crippen LogP contribution in [0, 0.1) is 13.8 Å². The number of rotatable bonds is 6. The van der Waals surface area contributed by atoms with Gasteiger partial charge in [0.1, 0.15) is 0 Å². The summed E-state index contributed by atoms with van der Waals surface area (Å²) in [5.41, 5.74) is 1.57. The Hall–Kier alpha value is -2.71. The van der Waals surface area contributed by atoms with Crippen LogP contribution in [-0.4, -0.2) is 52.5 Å². The molecule has 3 heterocycles. The molecule has 1 aliphatic heterocycles. The fourth-order valence-corrected chi connectivity index (χ4v) is 5.46. The quantitative estimate of drug-likeness (QED) is 0.611. The Kier molecular flexibility index (Phi) is 6.38. The lowest BCUT2D eigenvalue weighted by molar-refractivity contribution is 0.0579. The van der Waals surface area contributed by atoms with Crippen LogP contribution in [0.5, 0.6) is 0 Å². The van der Waals surface area contributed by atoms with Crippen LogP contribution >= 0.6 is 11.3 Å². The third-order valence-corrected chi connectivity index (χ3v) is 6.94. The minimum atomic E-state index is -0.180. The van der Waals surface area contributed by atoms with Crippen LogP contribution in [0.25, 0.3) is 10.1 Å². The molecule has 2 amide bonds. The van der Waals surface area contributed by atoms with Crippen molar-refractivity contribution >= 4 is 33.2 Å². The number of oxazole rings is 1. The molecule has 1 atom stereocenters. The Labute approximate surface area is 185 Å². The number of hydrogen-bond acceptors (Lipinski definition) is 6. The summed E-state index contributed by atoms with van der Waals surface area (Å²) in [6, 6.07) is 7.95. The summed E-state index contributed by atoms with van der Waals surface area (Å²) in [5.74, 6) is 0.482. The molecule has 0 bridgehead atoms. The number of piperidine rings is 1. The number of fused-ring (bicyclic) bond motifs is 1. The molecule has 0 aliphatic carbocycles. The van der Waals surface area contributed by atoms with Gasteiger partial charge in [0.2, 0.25) is 5.76 Å². The molecule has 0 radical (unpaired) electrons. The Balaban J connectivity index is 1.67. The Morgan fingerprint density at radius 1 is 1.29 bits per heavy atom. The first-order valence-corrected chi connectivity index (χ1v) is 11.5. The summed E-state index contributed by atoms with van der Waals surface area (Å²) < 4.78 is 6.64. The molecule has 0 spiro atoms. The zero-order valence-electron chi connectivity index (χ0n) is 17.8. The Morgan fingerprint density at radius 2 is 2.10 bits per heavy atom.